The van der Waals surface area contributed by atoms with Gasteiger partial charge in [-0.05, 0) is 42.7 Å². The number of nitrogens with two attached hydrogens (primary N) is 1. The molecule has 1 saturated heterocycles. The van der Waals surface area contributed by atoms with E-state index in [2.05, 4.69) is 39.5 Å². The molecule has 1 unspecified atom stereocenters. The Morgan fingerprint density at radius 2 is 2.08 bits per heavy atom. The molecule has 2 aromatic carbocycles. The minimum atomic E-state index is -0.366. The van der Waals surface area contributed by atoms with Crippen LogP contribution in [0.2, 0.25) is 0 Å². The van der Waals surface area contributed by atoms with Crippen LogP contribution >= 0.6 is 0 Å². The lowest BCUT2D eigenvalue weighted by Gasteiger charge is -2.35. The van der Waals surface area contributed by atoms with E-state index in [1.807, 2.05) is 24.4 Å². The molecule has 1 aliphatic heterocycles. The minimum absolute atomic E-state index is 0.366. The van der Waals surface area contributed by atoms with Crippen molar-refractivity contribution in [1.29, 1.82) is 0 Å². The molecule has 1 atom stereocenters. The number of para-hydroxylation sites is 1. The highest BCUT2D eigenvalue weighted by molar-refractivity contribution is 5.98. The van der Waals surface area contributed by atoms with Crippen LogP contribution in [0.15, 0.2) is 54.7 Å². The molecule has 4 N–H and O–H groups in total. The highest BCUT2D eigenvalue weighted by atomic mass is 16.1. The Morgan fingerprint density at radius 3 is 2.96 bits per heavy atom. The molecule has 0 saturated carbocycles. The number of amides is 1. The number of piperidine rings is 1. The summed E-state index contributed by atoms with van der Waals surface area (Å²) in [6.07, 6.45) is 4.22. The van der Waals surface area contributed by atoms with Gasteiger partial charge < -0.3 is 20.9 Å². The smallest absolute Gasteiger partial charge is 0.250 e. The zero-order valence-corrected chi connectivity index (χ0v) is 14.7. The van der Waals surface area contributed by atoms with Gasteiger partial charge in [-0.15, -0.1) is 0 Å². The second-order valence-electron chi connectivity index (χ2n) is 6.90. The van der Waals surface area contributed by atoms with Gasteiger partial charge >= 0.3 is 0 Å². The van der Waals surface area contributed by atoms with Crippen molar-refractivity contribution in [2.45, 2.75) is 25.4 Å². The summed E-state index contributed by atoms with van der Waals surface area (Å²) in [6.45, 7) is 2.68. The summed E-state index contributed by atoms with van der Waals surface area (Å²) in [5.74, 6) is -0.366. The molecule has 3 aromatic rings. The second-order valence-corrected chi connectivity index (χ2v) is 6.90. The summed E-state index contributed by atoms with van der Waals surface area (Å²) in [6, 6.07) is 16.5. The Labute approximate surface area is 153 Å². The second kappa shape index (κ2) is 7.22. The Hall–Kier alpha value is -2.79. The van der Waals surface area contributed by atoms with Crippen LogP contribution in [0.25, 0.3) is 10.9 Å². The van der Waals surface area contributed by atoms with Crippen LogP contribution in [-0.4, -0.2) is 30.0 Å². The number of primary amides is 1. The molecule has 0 aliphatic carbocycles. The van der Waals surface area contributed by atoms with Gasteiger partial charge in [0, 0.05) is 48.5 Å². The van der Waals surface area contributed by atoms with Gasteiger partial charge in [-0.25, -0.2) is 0 Å². The first-order valence-electron chi connectivity index (χ1n) is 9.14. The lowest BCUT2D eigenvalue weighted by Crippen LogP contribution is -2.46. The molecule has 1 aliphatic rings. The van der Waals surface area contributed by atoms with E-state index in [0.717, 1.165) is 38.2 Å². The van der Waals surface area contributed by atoms with E-state index in [4.69, 9.17) is 5.73 Å². The summed E-state index contributed by atoms with van der Waals surface area (Å²) in [5.41, 5.74) is 9.57. The van der Waals surface area contributed by atoms with Crippen LogP contribution in [0.5, 0.6) is 0 Å². The lowest BCUT2D eigenvalue weighted by atomic mass is 10.0. The monoisotopic (exact) mass is 348 g/mol. The maximum Gasteiger partial charge on any atom is 0.250 e. The van der Waals surface area contributed by atoms with Gasteiger partial charge in [0.1, 0.15) is 0 Å². The van der Waals surface area contributed by atoms with Gasteiger partial charge in [0.25, 0.3) is 5.91 Å². The first kappa shape index (κ1) is 16.7. The van der Waals surface area contributed by atoms with Crippen molar-refractivity contribution in [3.8, 4) is 0 Å². The minimum Gasteiger partial charge on any atom is -0.369 e. The number of benzene rings is 2. The number of aromatic nitrogens is 1. The molecule has 26 heavy (non-hydrogen) atoms. The molecule has 1 aromatic heterocycles. The lowest BCUT2D eigenvalue weighted by molar-refractivity contribution is 0.100. The molecule has 1 amide bonds. The zero-order chi connectivity index (χ0) is 17.9. The van der Waals surface area contributed by atoms with Crippen molar-refractivity contribution >= 4 is 22.5 Å². The molecule has 1 fully saturated rings. The molecule has 0 radical (unpaired) electrons. The molecule has 0 spiro atoms. The number of aromatic amines is 1. The molecule has 0 bridgehead atoms. The summed E-state index contributed by atoms with van der Waals surface area (Å²) in [4.78, 5) is 17.3. The molecular formula is C21H24N4O. The van der Waals surface area contributed by atoms with Crippen LogP contribution < -0.4 is 16.0 Å². The fraction of sp³-hybridized carbons (Fsp3) is 0.286. The number of nitrogens with zero attached hydrogens (tertiary/aromatic N) is 1. The highest BCUT2D eigenvalue weighted by Gasteiger charge is 2.22. The van der Waals surface area contributed by atoms with Gasteiger partial charge in [0.05, 0.1) is 5.56 Å². The number of nitrogens with one attached hydrogen (secondary N) is 2. The number of fused-ring (bicyclic) bond motifs is 1. The van der Waals surface area contributed by atoms with Gasteiger partial charge in [0.2, 0.25) is 0 Å². The van der Waals surface area contributed by atoms with Crippen molar-refractivity contribution in [3.63, 3.8) is 0 Å². The van der Waals surface area contributed by atoms with Gasteiger partial charge in [-0.2, -0.15) is 0 Å². The van der Waals surface area contributed by atoms with Crippen molar-refractivity contribution < 1.29 is 4.79 Å². The van der Waals surface area contributed by atoms with Crippen molar-refractivity contribution in [2.24, 2.45) is 5.73 Å². The molecular weight excluding hydrogens is 324 g/mol. The number of anilines is 1. The van der Waals surface area contributed by atoms with Crippen LogP contribution in [-0.2, 0) is 6.54 Å². The number of hydrogen-bond acceptors (Lipinski definition) is 3. The van der Waals surface area contributed by atoms with E-state index in [1.54, 1.807) is 6.07 Å². The Bertz CT molecular complexity index is 917. The third-order valence-electron chi connectivity index (χ3n) is 5.20. The highest BCUT2D eigenvalue weighted by Crippen LogP contribution is 2.24. The largest absolute Gasteiger partial charge is 0.369 e. The Kier molecular flexibility index (Phi) is 4.63. The third kappa shape index (κ3) is 3.30. The first-order chi connectivity index (χ1) is 12.7. The summed E-state index contributed by atoms with van der Waals surface area (Å²) >= 11 is 0. The molecule has 4 rings (SSSR count). The maximum absolute atomic E-state index is 11.7. The SMILES string of the molecule is NC(=O)c1ccccc1N1CCCC(NCc2cccc3[nH]ccc23)C1. The predicted molar refractivity (Wildman–Crippen MR) is 105 cm³/mol. The van der Waals surface area contributed by atoms with E-state index < -0.39 is 0 Å². The van der Waals surface area contributed by atoms with Gasteiger partial charge in [0.15, 0.2) is 0 Å². The molecule has 5 nitrogen and oxygen atoms in total. The number of rotatable bonds is 5. The fourth-order valence-electron chi connectivity index (χ4n) is 3.88. The number of H-pyrrole nitrogens is 1. The number of hydrogen-bond donors (Lipinski definition) is 3. The normalized spacial score (nSPS) is 17.5. The Morgan fingerprint density at radius 1 is 1.19 bits per heavy atom. The van der Waals surface area contributed by atoms with Crippen LogP contribution in [0.1, 0.15) is 28.8 Å². The van der Waals surface area contributed by atoms with Crippen LogP contribution in [0.3, 0.4) is 0 Å². The van der Waals surface area contributed by atoms with E-state index in [-0.39, 0.29) is 5.91 Å². The average Bonchev–Trinajstić information content (AvgIpc) is 3.16. The quantitative estimate of drug-likeness (QED) is 0.663. The maximum atomic E-state index is 11.7. The summed E-state index contributed by atoms with van der Waals surface area (Å²) in [5, 5.41) is 4.97. The molecule has 5 heteroatoms. The van der Waals surface area contributed by atoms with E-state index in [1.165, 1.54) is 16.5 Å². The topological polar surface area (TPSA) is 74.2 Å². The fourth-order valence-corrected chi connectivity index (χ4v) is 3.88. The summed E-state index contributed by atoms with van der Waals surface area (Å²) in [7, 11) is 0. The van der Waals surface area contributed by atoms with Crippen LogP contribution in [0, 0.1) is 0 Å². The van der Waals surface area contributed by atoms with Crippen molar-refractivity contribution in [2.75, 3.05) is 18.0 Å². The van der Waals surface area contributed by atoms with Crippen molar-refractivity contribution in [3.05, 3.63) is 65.9 Å². The van der Waals surface area contributed by atoms with Crippen molar-refractivity contribution in [1.82, 2.24) is 10.3 Å². The predicted octanol–water partition coefficient (Wildman–Crippen LogP) is 3.03. The van der Waals surface area contributed by atoms with Gasteiger partial charge in [-0.3, -0.25) is 4.79 Å². The number of carbonyl (C=O) groups is 1. The summed E-state index contributed by atoms with van der Waals surface area (Å²) < 4.78 is 0. The van der Waals surface area contributed by atoms with E-state index in [9.17, 15) is 4.79 Å². The van der Waals surface area contributed by atoms with E-state index in [0.29, 0.717) is 11.6 Å². The third-order valence-corrected chi connectivity index (χ3v) is 5.20. The zero-order valence-electron chi connectivity index (χ0n) is 14.7. The average molecular weight is 348 g/mol. The van der Waals surface area contributed by atoms with Crippen LogP contribution in [0.4, 0.5) is 5.69 Å². The number of carbonyl (C=O) groups excluding carboxylic acids is 1. The Balaban J connectivity index is 1.46. The van der Waals surface area contributed by atoms with Gasteiger partial charge in [-0.1, -0.05) is 24.3 Å². The first-order valence-corrected chi connectivity index (χ1v) is 9.14. The molecule has 134 valence electrons. The standard InChI is InChI=1S/C21H24N4O/c22-21(26)18-7-1-2-9-20(18)25-12-4-6-16(14-25)24-13-15-5-3-8-19-17(15)10-11-23-19/h1-3,5,7-11,16,23-24H,4,6,12-14H2,(H2,22,26). The molecule has 2 heterocycles. The van der Waals surface area contributed by atoms with E-state index >= 15 is 0 Å².